The topological polar surface area (TPSA) is 134 Å². The highest BCUT2D eigenvalue weighted by Crippen LogP contribution is 2.38. The zero-order chi connectivity index (χ0) is 26.6. The van der Waals surface area contributed by atoms with E-state index in [0.29, 0.717) is 5.75 Å². The van der Waals surface area contributed by atoms with Crippen LogP contribution in [0.4, 0.5) is 4.79 Å². The number of hydrogen-bond acceptors (Lipinski definition) is 8. The number of ether oxygens (including phenoxy) is 2. The average Bonchev–Trinajstić information content (AvgIpc) is 3.34. The molecular formula is C25H33N3O7S. The summed E-state index contributed by atoms with van der Waals surface area (Å²) in [5, 5.41) is 12.7. The summed E-state index contributed by atoms with van der Waals surface area (Å²) in [6, 6.07) is 14.6. The van der Waals surface area contributed by atoms with Gasteiger partial charge in [-0.25, -0.2) is 18.7 Å². The van der Waals surface area contributed by atoms with Gasteiger partial charge in [-0.15, -0.1) is 0 Å². The Morgan fingerprint density at radius 1 is 1.08 bits per heavy atom. The van der Waals surface area contributed by atoms with Gasteiger partial charge in [0.05, 0.1) is 12.0 Å². The lowest BCUT2D eigenvalue weighted by atomic mass is 9.96. The van der Waals surface area contributed by atoms with Crippen LogP contribution in [0.25, 0.3) is 0 Å². The van der Waals surface area contributed by atoms with E-state index in [1.807, 2.05) is 6.07 Å². The Balaban J connectivity index is 2.07. The second kappa shape index (κ2) is 10.9. The molecule has 0 radical (unpaired) electrons. The van der Waals surface area contributed by atoms with E-state index in [1.54, 1.807) is 50.5 Å². The molecule has 3 N–H and O–H groups in total. The number of nitrogens with one attached hydrogen (secondary N) is 2. The van der Waals surface area contributed by atoms with Crippen LogP contribution in [0.5, 0.6) is 5.75 Å². The van der Waals surface area contributed by atoms with Gasteiger partial charge in [-0.2, -0.15) is 0 Å². The molecule has 1 heterocycles. The first-order valence-corrected chi connectivity index (χ1v) is 13.0. The summed E-state index contributed by atoms with van der Waals surface area (Å²) >= 11 is 0. The second-order valence-corrected chi connectivity index (χ2v) is 11.7. The smallest absolute Gasteiger partial charge is 0.410 e. The van der Waals surface area contributed by atoms with Crippen LogP contribution in [0.1, 0.15) is 32.8 Å². The molecule has 10 nitrogen and oxygen atoms in total. The molecule has 0 spiro atoms. The number of methoxy groups -OCH3 is 1. The molecule has 1 aliphatic heterocycles. The average molecular weight is 520 g/mol. The molecule has 36 heavy (non-hydrogen) atoms. The number of nitrogens with zero attached hydrogens (tertiary/aromatic N) is 1. The lowest BCUT2D eigenvalue weighted by Gasteiger charge is -2.37. The van der Waals surface area contributed by atoms with E-state index < -0.39 is 38.2 Å². The Bertz CT molecular complexity index is 1160. The predicted octanol–water partition coefficient (Wildman–Crippen LogP) is 2.72. The van der Waals surface area contributed by atoms with Crippen LogP contribution in [-0.4, -0.2) is 61.2 Å². The van der Waals surface area contributed by atoms with Crippen LogP contribution in [0.2, 0.25) is 0 Å². The van der Waals surface area contributed by atoms with Crippen LogP contribution in [0.15, 0.2) is 59.5 Å². The van der Waals surface area contributed by atoms with E-state index in [2.05, 4.69) is 5.32 Å². The highest BCUT2D eigenvalue weighted by atomic mass is 32.2. The quantitative estimate of drug-likeness (QED) is 0.358. The maximum absolute atomic E-state index is 14.2. The Labute approximate surface area is 211 Å². The predicted molar refractivity (Wildman–Crippen MR) is 132 cm³/mol. The van der Waals surface area contributed by atoms with Crippen LogP contribution < -0.4 is 15.5 Å². The van der Waals surface area contributed by atoms with Gasteiger partial charge < -0.3 is 14.4 Å². The maximum Gasteiger partial charge on any atom is 0.410 e. The maximum atomic E-state index is 14.2. The molecule has 2 aromatic rings. The van der Waals surface area contributed by atoms with Crippen molar-refractivity contribution in [3.8, 4) is 5.75 Å². The van der Waals surface area contributed by atoms with Gasteiger partial charge in [-0.3, -0.25) is 15.3 Å². The Hall–Kier alpha value is -3.15. The third-order valence-electron chi connectivity index (χ3n) is 6.05. The zero-order valence-corrected chi connectivity index (χ0v) is 21.7. The van der Waals surface area contributed by atoms with Gasteiger partial charge in [0.2, 0.25) is 14.7 Å². The molecule has 2 amide bonds. The number of carbonyl (C=O) groups excluding carboxylic acids is 2. The molecule has 0 saturated carbocycles. The summed E-state index contributed by atoms with van der Waals surface area (Å²) in [6.45, 7) is 5.34. The normalized spacial score (nSPS) is 17.8. The molecule has 1 saturated heterocycles. The summed E-state index contributed by atoms with van der Waals surface area (Å²) < 4.78 is 38.9. The first-order valence-electron chi connectivity index (χ1n) is 11.5. The van der Waals surface area contributed by atoms with Crippen molar-refractivity contribution in [2.24, 2.45) is 5.92 Å². The fourth-order valence-electron chi connectivity index (χ4n) is 4.28. The van der Waals surface area contributed by atoms with Crippen molar-refractivity contribution in [3.63, 3.8) is 0 Å². The molecule has 2 atom stereocenters. The van der Waals surface area contributed by atoms with E-state index in [1.165, 1.54) is 36.3 Å². The molecule has 0 aliphatic carbocycles. The van der Waals surface area contributed by atoms with Gasteiger partial charge in [-0.05, 0) is 57.0 Å². The van der Waals surface area contributed by atoms with Gasteiger partial charge in [0.1, 0.15) is 11.4 Å². The van der Waals surface area contributed by atoms with Gasteiger partial charge in [-0.1, -0.05) is 30.3 Å². The molecule has 3 rings (SSSR count). The fourth-order valence-corrected chi connectivity index (χ4v) is 6.33. The minimum absolute atomic E-state index is 0.0204. The number of likely N-dealkylation sites (tertiary alicyclic amines) is 1. The van der Waals surface area contributed by atoms with Crippen molar-refractivity contribution in [1.29, 1.82) is 0 Å². The van der Waals surface area contributed by atoms with Crippen molar-refractivity contribution < 1.29 is 32.7 Å². The summed E-state index contributed by atoms with van der Waals surface area (Å²) in [6.07, 6.45) is -0.419. The molecule has 2 aromatic carbocycles. The Morgan fingerprint density at radius 3 is 2.28 bits per heavy atom. The number of amides is 2. The number of carbonyl (C=O) groups is 2. The number of sulfone groups is 1. The van der Waals surface area contributed by atoms with Crippen molar-refractivity contribution in [1.82, 2.24) is 15.7 Å². The Kier molecular flexibility index (Phi) is 8.27. The van der Waals surface area contributed by atoms with Crippen LogP contribution in [-0.2, 0) is 25.9 Å². The van der Waals surface area contributed by atoms with Crippen LogP contribution in [0, 0.1) is 5.92 Å². The minimum atomic E-state index is -4.45. The van der Waals surface area contributed by atoms with Gasteiger partial charge in [0, 0.05) is 25.6 Å². The highest BCUT2D eigenvalue weighted by molar-refractivity contribution is 7.93. The standard InChI is InChI=1S/C25H33N3O7S/c1-24(2,3)35-23(30)28-15-14-19(17-28)25(22(29)27-31,26-16-18-8-6-5-7-9-18)36(32,33)21-12-10-20(34-4)11-13-21/h5-13,19,26,31H,14-17H2,1-4H3,(H,27,29)/t19?,25-/m1/s1. The third kappa shape index (κ3) is 5.63. The van der Waals surface area contributed by atoms with E-state index in [-0.39, 0.29) is 31.0 Å². The molecule has 0 aromatic heterocycles. The van der Waals surface area contributed by atoms with Gasteiger partial charge in [0.15, 0.2) is 0 Å². The summed E-state index contributed by atoms with van der Waals surface area (Å²) in [5.74, 6) is -1.58. The van der Waals surface area contributed by atoms with Gasteiger partial charge >= 0.3 is 6.09 Å². The molecule has 11 heteroatoms. The highest BCUT2D eigenvalue weighted by Gasteiger charge is 2.58. The fraction of sp³-hybridized carbons (Fsp3) is 0.440. The lowest BCUT2D eigenvalue weighted by Crippen LogP contribution is -2.66. The van der Waals surface area contributed by atoms with E-state index >= 15 is 0 Å². The largest absolute Gasteiger partial charge is 0.497 e. The number of hydroxylamine groups is 1. The van der Waals surface area contributed by atoms with Crippen molar-refractivity contribution >= 4 is 21.8 Å². The second-order valence-electron chi connectivity index (χ2n) is 9.61. The first-order chi connectivity index (χ1) is 16.9. The zero-order valence-electron chi connectivity index (χ0n) is 20.9. The lowest BCUT2D eigenvalue weighted by molar-refractivity contribution is -0.134. The number of hydrogen-bond donors (Lipinski definition) is 3. The molecule has 1 aliphatic rings. The van der Waals surface area contributed by atoms with Crippen molar-refractivity contribution in [2.75, 3.05) is 20.2 Å². The summed E-state index contributed by atoms with van der Waals surface area (Å²) in [7, 11) is -3.00. The van der Waals surface area contributed by atoms with E-state index in [0.717, 1.165) is 5.56 Å². The third-order valence-corrected chi connectivity index (χ3v) is 8.45. The number of benzene rings is 2. The van der Waals surface area contributed by atoms with E-state index in [4.69, 9.17) is 9.47 Å². The van der Waals surface area contributed by atoms with Crippen LogP contribution >= 0.6 is 0 Å². The first kappa shape index (κ1) is 27.4. The van der Waals surface area contributed by atoms with Crippen LogP contribution in [0.3, 0.4) is 0 Å². The van der Waals surface area contributed by atoms with Crippen molar-refractivity contribution in [2.45, 2.75) is 49.1 Å². The monoisotopic (exact) mass is 519 g/mol. The number of rotatable bonds is 8. The molecule has 0 bridgehead atoms. The molecule has 1 unspecified atom stereocenters. The molecule has 196 valence electrons. The summed E-state index contributed by atoms with van der Waals surface area (Å²) in [5.41, 5.74) is 1.55. The molecule has 1 fully saturated rings. The molecular weight excluding hydrogens is 486 g/mol. The van der Waals surface area contributed by atoms with E-state index in [9.17, 15) is 23.2 Å². The summed E-state index contributed by atoms with van der Waals surface area (Å²) in [4.78, 5) is 25.0. The van der Waals surface area contributed by atoms with Gasteiger partial charge in [0.25, 0.3) is 5.91 Å². The Morgan fingerprint density at radius 2 is 1.72 bits per heavy atom. The SMILES string of the molecule is COc1ccc(S(=O)(=O)[C@@](NCc2ccccc2)(C(=O)NO)C2CCN(C(=O)OC(C)(C)C)C2)cc1. The van der Waals surface area contributed by atoms with Crippen molar-refractivity contribution in [3.05, 3.63) is 60.2 Å². The minimum Gasteiger partial charge on any atom is -0.497 e.